The lowest BCUT2D eigenvalue weighted by atomic mass is 9.99. The molecule has 0 radical (unpaired) electrons. The van der Waals surface area contributed by atoms with E-state index in [0.717, 1.165) is 6.42 Å². The SMILES string of the molecule is CCC(C)C(N)C(=O)NCCOc1cc(OC)cc(OC)c1. The van der Waals surface area contributed by atoms with Crippen molar-refractivity contribution in [2.45, 2.75) is 26.3 Å². The van der Waals surface area contributed by atoms with Crippen molar-refractivity contribution in [2.75, 3.05) is 27.4 Å². The highest BCUT2D eigenvalue weighted by Crippen LogP contribution is 2.27. The van der Waals surface area contributed by atoms with Gasteiger partial charge >= 0.3 is 0 Å². The fourth-order valence-electron chi connectivity index (χ4n) is 1.84. The number of methoxy groups -OCH3 is 2. The van der Waals surface area contributed by atoms with Gasteiger partial charge in [-0.15, -0.1) is 0 Å². The second-order valence-electron chi connectivity index (χ2n) is 5.10. The van der Waals surface area contributed by atoms with E-state index >= 15 is 0 Å². The van der Waals surface area contributed by atoms with Gasteiger partial charge in [0, 0.05) is 18.2 Å². The monoisotopic (exact) mass is 310 g/mol. The third-order valence-electron chi connectivity index (χ3n) is 3.55. The van der Waals surface area contributed by atoms with Crippen LogP contribution in [0.5, 0.6) is 17.2 Å². The van der Waals surface area contributed by atoms with Gasteiger partial charge in [-0.05, 0) is 5.92 Å². The minimum atomic E-state index is -0.484. The maximum absolute atomic E-state index is 11.8. The van der Waals surface area contributed by atoms with E-state index in [9.17, 15) is 4.79 Å². The lowest BCUT2D eigenvalue weighted by Crippen LogP contribution is -2.45. The standard InChI is InChI=1S/C16H26N2O4/c1-5-11(2)15(17)16(19)18-6-7-22-14-9-12(20-3)8-13(10-14)21-4/h8-11,15H,5-7,17H2,1-4H3,(H,18,19). The minimum absolute atomic E-state index is 0.152. The molecule has 0 saturated carbocycles. The average Bonchev–Trinajstić information content (AvgIpc) is 2.56. The Labute approximate surface area is 131 Å². The number of nitrogens with two attached hydrogens (primary N) is 1. The van der Waals surface area contributed by atoms with Crippen molar-refractivity contribution in [1.29, 1.82) is 0 Å². The maximum Gasteiger partial charge on any atom is 0.237 e. The Morgan fingerprint density at radius 3 is 2.23 bits per heavy atom. The zero-order valence-electron chi connectivity index (χ0n) is 13.7. The number of carbonyl (C=O) groups excluding carboxylic acids is 1. The molecular formula is C16H26N2O4. The van der Waals surface area contributed by atoms with Crippen LogP contribution in [-0.2, 0) is 4.79 Å². The Balaban J connectivity index is 2.43. The molecule has 1 amide bonds. The number of rotatable bonds is 9. The van der Waals surface area contributed by atoms with E-state index in [1.54, 1.807) is 32.4 Å². The number of amides is 1. The zero-order chi connectivity index (χ0) is 16.5. The van der Waals surface area contributed by atoms with E-state index in [2.05, 4.69) is 5.32 Å². The first-order valence-corrected chi connectivity index (χ1v) is 7.41. The summed E-state index contributed by atoms with van der Waals surface area (Å²) >= 11 is 0. The number of carbonyl (C=O) groups is 1. The molecule has 1 aromatic rings. The van der Waals surface area contributed by atoms with Gasteiger partial charge in [0.05, 0.1) is 26.8 Å². The Hall–Kier alpha value is -1.95. The highest BCUT2D eigenvalue weighted by Gasteiger charge is 2.18. The van der Waals surface area contributed by atoms with Crippen molar-refractivity contribution in [3.63, 3.8) is 0 Å². The molecule has 0 fully saturated rings. The molecule has 3 N–H and O–H groups in total. The van der Waals surface area contributed by atoms with Crippen molar-refractivity contribution in [3.8, 4) is 17.2 Å². The molecule has 1 aromatic carbocycles. The fraction of sp³-hybridized carbons (Fsp3) is 0.562. The average molecular weight is 310 g/mol. The molecule has 0 bridgehead atoms. The molecule has 124 valence electrons. The Morgan fingerprint density at radius 2 is 1.73 bits per heavy atom. The molecule has 2 unspecified atom stereocenters. The van der Waals surface area contributed by atoms with Gasteiger partial charge in [0.2, 0.25) is 5.91 Å². The molecule has 0 aromatic heterocycles. The lowest BCUT2D eigenvalue weighted by molar-refractivity contribution is -0.123. The number of nitrogens with one attached hydrogen (secondary N) is 1. The van der Waals surface area contributed by atoms with Gasteiger partial charge < -0.3 is 25.3 Å². The van der Waals surface area contributed by atoms with Crippen LogP contribution in [0.4, 0.5) is 0 Å². The van der Waals surface area contributed by atoms with Crippen molar-refractivity contribution < 1.29 is 19.0 Å². The van der Waals surface area contributed by atoms with Crippen LogP contribution >= 0.6 is 0 Å². The van der Waals surface area contributed by atoms with E-state index in [-0.39, 0.29) is 11.8 Å². The zero-order valence-corrected chi connectivity index (χ0v) is 13.7. The molecule has 2 atom stereocenters. The lowest BCUT2D eigenvalue weighted by Gasteiger charge is -2.17. The summed E-state index contributed by atoms with van der Waals surface area (Å²) in [4.78, 5) is 11.8. The van der Waals surface area contributed by atoms with Crippen molar-refractivity contribution in [3.05, 3.63) is 18.2 Å². The largest absolute Gasteiger partial charge is 0.496 e. The van der Waals surface area contributed by atoms with Gasteiger partial charge in [-0.25, -0.2) is 0 Å². The quantitative estimate of drug-likeness (QED) is 0.677. The van der Waals surface area contributed by atoms with Crippen molar-refractivity contribution in [2.24, 2.45) is 11.7 Å². The molecule has 0 saturated heterocycles. The summed E-state index contributed by atoms with van der Waals surface area (Å²) < 4.78 is 15.9. The van der Waals surface area contributed by atoms with Gasteiger partial charge in [0.15, 0.2) is 0 Å². The maximum atomic E-state index is 11.8. The van der Waals surface area contributed by atoms with E-state index in [1.807, 2.05) is 13.8 Å². The Kier molecular flexibility index (Phi) is 7.52. The first-order chi connectivity index (χ1) is 10.5. The number of ether oxygens (including phenoxy) is 3. The summed E-state index contributed by atoms with van der Waals surface area (Å²) in [5.41, 5.74) is 5.85. The summed E-state index contributed by atoms with van der Waals surface area (Å²) in [5.74, 6) is 1.93. The van der Waals surface area contributed by atoms with Crippen LogP contribution in [-0.4, -0.2) is 39.3 Å². The summed E-state index contributed by atoms with van der Waals surface area (Å²) in [6.45, 7) is 4.71. The molecular weight excluding hydrogens is 284 g/mol. The van der Waals surface area contributed by atoms with Gasteiger partial charge in [-0.3, -0.25) is 4.79 Å². The summed E-state index contributed by atoms with van der Waals surface area (Å²) in [7, 11) is 3.16. The minimum Gasteiger partial charge on any atom is -0.496 e. The van der Waals surface area contributed by atoms with Gasteiger partial charge in [-0.2, -0.15) is 0 Å². The Morgan fingerprint density at radius 1 is 1.18 bits per heavy atom. The molecule has 1 rings (SSSR count). The van der Waals surface area contributed by atoms with Crippen LogP contribution in [0.3, 0.4) is 0 Å². The molecule has 22 heavy (non-hydrogen) atoms. The van der Waals surface area contributed by atoms with E-state index in [4.69, 9.17) is 19.9 Å². The van der Waals surface area contributed by atoms with E-state index in [1.165, 1.54) is 0 Å². The number of benzene rings is 1. The van der Waals surface area contributed by atoms with E-state index in [0.29, 0.717) is 30.4 Å². The van der Waals surface area contributed by atoms with Crippen molar-refractivity contribution >= 4 is 5.91 Å². The third kappa shape index (κ3) is 5.44. The summed E-state index contributed by atoms with van der Waals surface area (Å²) in [6.07, 6.45) is 0.870. The summed E-state index contributed by atoms with van der Waals surface area (Å²) in [6, 6.07) is 4.80. The Bertz CT molecular complexity index is 457. The second kappa shape index (κ2) is 9.15. The van der Waals surface area contributed by atoms with Crippen LogP contribution in [0.25, 0.3) is 0 Å². The topological polar surface area (TPSA) is 82.8 Å². The molecule has 6 nitrogen and oxygen atoms in total. The highest BCUT2D eigenvalue weighted by atomic mass is 16.5. The van der Waals surface area contributed by atoms with E-state index < -0.39 is 6.04 Å². The molecule has 0 spiro atoms. The molecule has 6 heteroatoms. The molecule has 0 heterocycles. The van der Waals surface area contributed by atoms with Gasteiger partial charge in [0.1, 0.15) is 23.9 Å². The first-order valence-electron chi connectivity index (χ1n) is 7.41. The molecule has 0 aliphatic carbocycles. The highest BCUT2D eigenvalue weighted by molar-refractivity contribution is 5.81. The third-order valence-corrected chi connectivity index (χ3v) is 3.55. The second-order valence-corrected chi connectivity index (χ2v) is 5.10. The van der Waals surface area contributed by atoms with Crippen LogP contribution < -0.4 is 25.3 Å². The number of hydrogen-bond donors (Lipinski definition) is 2. The molecule has 0 aliphatic rings. The number of hydrogen-bond acceptors (Lipinski definition) is 5. The first kappa shape index (κ1) is 18.1. The predicted molar refractivity (Wildman–Crippen MR) is 85.5 cm³/mol. The van der Waals surface area contributed by atoms with Crippen LogP contribution in [0.1, 0.15) is 20.3 Å². The van der Waals surface area contributed by atoms with Crippen LogP contribution in [0, 0.1) is 5.92 Å². The van der Waals surface area contributed by atoms with Crippen molar-refractivity contribution in [1.82, 2.24) is 5.32 Å². The summed E-state index contributed by atoms with van der Waals surface area (Å²) in [5, 5.41) is 2.77. The predicted octanol–water partition coefficient (Wildman–Crippen LogP) is 1.57. The molecule has 0 aliphatic heterocycles. The van der Waals surface area contributed by atoms with Crippen LogP contribution in [0.2, 0.25) is 0 Å². The van der Waals surface area contributed by atoms with Gasteiger partial charge in [-0.1, -0.05) is 20.3 Å². The smallest absolute Gasteiger partial charge is 0.237 e. The van der Waals surface area contributed by atoms with Gasteiger partial charge in [0.25, 0.3) is 0 Å². The fourth-order valence-corrected chi connectivity index (χ4v) is 1.84. The van der Waals surface area contributed by atoms with Crippen LogP contribution in [0.15, 0.2) is 18.2 Å². The normalized spacial score (nSPS) is 13.1.